The number of unbranched alkanes of at least 4 members (excludes halogenated alkanes) is 1. The summed E-state index contributed by atoms with van der Waals surface area (Å²) in [5, 5.41) is 8.90. The molecular formula is C22H33N. The second-order valence-electron chi connectivity index (χ2n) is 7.45. The van der Waals surface area contributed by atoms with Crippen molar-refractivity contribution in [3.05, 3.63) is 35.4 Å². The maximum atomic E-state index is 8.90. The predicted molar refractivity (Wildman–Crippen MR) is 98.4 cm³/mol. The molecule has 1 aliphatic carbocycles. The lowest BCUT2D eigenvalue weighted by atomic mass is 9.76. The van der Waals surface area contributed by atoms with Gasteiger partial charge in [0.1, 0.15) is 0 Å². The lowest BCUT2D eigenvalue weighted by Gasteiger charge is -2.29. The van der Waals surface area contributed by atoms with Gasteiger partial charge in [-0.1, -0.05) is 64.5 Å². The molecule has 1 unspecified atom stereocenters. The first-order chi connectivity index (χ1) is 11.3. The van der Waals surface area contributed by atoms with Crippen LogP contribution >= 0.6 is 0 Å². The van der Waals surface area contributed by atoms with Crippen molar-refractivity contribution >= 4 is 0 Å². The van der Waals surface area contributed by atoms with Crippen molar-refractivity contribution in [3.63, 3.8) is 0 Å². The van der Waals surface area contributed by atoms with Gasteiger partial charge in [0.25, 0.3) is 0 Å². The molecule has 0 spiro atoms. The normalized spacial score (nSPS) is 22.5. The van der Waals surface area contributed by atoms with Crippen LogP contribution in [0.4, 0.5) is 0 Å². The molecule has 2 rings (SSSR count). The van der Waals surface area contributed by atoms with Gasteiger partial charge in [-0.25, -0.2) is 0 Å². The minimum atomic E-state index is 0.723. The van der Waals surface area contributed by atoms with Gasteiger partial charge in [0.05, 0.1) is 11.6 Å². The van der Waals surface area contributed by atoms with E-state index in [1.165, 1.54) is 69.8 Å². The summed E-state index contributed by atoms with van der Waals surface area (Å²) in [4.78, 5) is 0. The summed E-state index contributed by atoms with van der Waals surface area (Å²) in [6.07, 6.45) is 13.9. The summed E-state index contributed by atoms with van der Waals surface area (Å²) in [5.41, 5.74) is 2.22. The van der Waals surface area contributed by atoms with Crippen molar-refractivity contribution in [3.8, 4) is 6.07 Å². The maximum Gasteiger partial charge on any atom is 0.0991 e. The largest absolute Gasteiger partial charge is 0.192 e. The van der Waals surface area contributed by atoms with Crippen molar-refractivity contribution in [2.45, 2.75) is 84.0 Å². The fourth-order valence-corrected chi connectivity index (χ4v) is 4.13. The summed E-state index contributed by atoms with van der Waals surface area (Å²) in [7, 11) is 0. The van der Waals surface area contributed by atoms with Crippen LogP contribution in [0, 0.1) is 23.2 Å². The van der Waals surface area contributed by atoms with Crippen LogP contribution in [0.2, 0.25) is 0 Å². The van der Waals surface area contributed by atoms with Crippen LogP contribution in [0.15, 0.2) is 24.3 Å². The van der Waals surface area contributed by atoms with E-state index in [2.05, 4.69) is 32.0 Å². The molecule has 0 N–H and O–H groups in total. The Kier molecular flexibility index (Phi) is 7.66. The van der Waals surface area contributed by atoms with E-state index in [0.717, 1.165) is 23.3 Å². The molecule has 1 aromatic carbocycles. The van der Waals surface area contributed by atoms with E-state index in [1.54, 1.807) is 0 Å². The Morgan fingerprint density at radius 3 is 2.30 bits per heavy atom. The zero-order valence-electron chi connectivity index (χ0n) is 15.1. The third-order valence-corrected chi connectivity index (χ3v) is 5.88. The molecule has 0 heterocycles. The summed E-state index contributed by atoms with van der Waals surface area (Å²) < 4.78 is 0. The van der Waals surface area contributed by atoms with Gasteiger partial charge in [-0.3, -0.25) is 0 Å². The molecular weight excluding hydrogens is 278 g/mol. The Morgan fingerprint density at radius 2 is 1.74 bits per heavy atom. The van der Waals surface area contributed by atoms with Gasteiger partial charge < -0.3 is 0 Å². The van der Waals surface area contributed by atoms with E-state index in [-0.39, 0.29) is 0 Å². The third-order valence-electron chi connectivity index (χ3n) is 5.88. The molecule has 1 heteroatoms. The van der Waals surface area contributed by atoms with E-state index in [9.17, 15) is 0 Å². The number of benzene rings is 1. The Bertz CT molecular complexity index is 474. The van der Waals surface area contributed by atoms with Gasteiger partial charge in [-0.15, -0.1) is 0 Å². The van der Waals surface area contributed by atoms with Crippen LogP contribution in [-0.4, -0.2) is 0 Å². The molecule has 0 aromatic heterocycles. The first-order valence-electron chi connectivity index (χ1n) is 9.76. The second-order valence-corrected chi connectivity index (χ2v) is 7.45. The van der Waals surface area contributed by atoms with Crippen LogP contribution in [0.1, 0.15) is 95.1 Å². The maximum absolute atomic E-state index is 8.90. The van der Waals surface area contributed by atoms with Crippen molar-refractivity contribution in [2.75, 3.05) is 0 Å². The standard InChI is InChI=1S/C22H33N/c1-3-5-6-18(4-2)7-8-19-9-13-21(14-10-19)22-15-11-20(17-23)12-16-22/h11-12,15-16,18-19,21H,3-10,13-14H2,1-2H3. The quantitative estimate of drug-likeness (QED) is 0.516. The van der Waals surface area contributed by atoms with Crippen molar-refractivity contribution in [1.82, 2.24) is 0 Å². The van der Waals surface area contributed by atoms with E-state index in [1.807, 2.05) is 12.1 Å². The van der Waals surface area contributed by atoms with Crippen molar-refractivity contribution in [2.24, 2.45) is 11.8 Å². The lowest BCUT2D eigenvalue weighted by molar-refractivity contribution is 0.278. The minimum absolute atomic E-state index is 0.723. The molecule has 126 valence electrons. The monoisotopic (exact) mass is 311 g/mol. The highest BCUT2D eigenvalue weighted by Crippen LogP contribution is 2.38. The molecule has 1 aliphatic rings. The van der Waals surface area contributed by atoms with Crippen LogP contribution in [0.5, 0.6) is 0 Å². The van der Waals surface area contributed by atoms with Crippen LogP contribution in [0.25, 0.3) is 0 Å². The number of hydrogen-bond donors (Lipinski definition) is 0. The number of rotatable bonds is 8. The predicted octanol–water partition coefficient (Wildman–Crippen LogP) is 6.83. The van der Waals surface area contributed by atoms with Crippen LogP contribution in [-0.2, 0) is 0 Å². The van der Waals surface area contributed by atoms with E-state index >= 15 is 0 Å². The molecule has 1 nitrogen and oxygen atoms in total. The molecule has 1 saturated carbocycles. The summed E-state index contributed by atoms with van der Waals surface area (Å²) in [5.74, 6) is 2.65. The lowest BCUT2D eigenvalue weighted by Crippen LogP contribution is -2.14. The molecule has 0 bridgehead atoms. The fourth-order valence-electron chi connectivity index (χ4n) is 4.13. The number of hydrogen-bond acceptors (Lipinski definition) is 1. The number of nitrogens with zero attached hydrogens (tertiary/aromatic N) is 1. The fraction of sp³-hybridized carbons (Fsp3) is 0.682. The van der Waals surface area contributed by atoms with Crippen molar-refractivity contribution in [1.29, 1.82) is 5.26 Å². The minimum Gasteiger partial charge on any atom is -0.192 e. The van der Waals surface area contributed by atoms with Gasteiger partial charge in [0.2, 0.25) is 0 Å². The molecule has 1 atom stereocenters. The molecule has 0 radical (unpaired) electrons. The zero-order chi connectivity index (χ0) is 16.5. The highest BCUT2D eigenvalue weighted by atomic mass is 14.3. The highest BCUT2D eigenvalue weighted by Gasteiger charge is 2.22. The Labute approximate surface area is 143 Å². The van der Waals surface area contributed by atoms with Crippen LogP contribution in [0.3, 0.4) is 0 Å². The Morgan fingerprint density at radius 1 is 1.04 bits per heavy atom. The second kappa shape index (κ2) is 9.76. The van der Waals surface area contributed by atoms with Gasteiger partial charge in [0.15, 0.2) is 0 Å². The molecule has 1 fully saturated rings. The Balaban J connectivity index is 1.73. The summed E-state index contributed by atoms with van der Waals surface area (Å²) >= 11 is 0. The van der Waals surface area contributed by atoms with Gasteiger partial charge >= 0.3 is 0 Å². The molecule has 0 aliphatic heterocycles. The smallest absolute Gasteiger partial charge is 0.0991 e. The average molecular weight is 312 g/mol. The first kappa shape index (κ1) is 18.1. The topological polar surface area (TPSA) is 23.8 Å². The molecule has 23 heavy (non-hydrogen) atoms. The van der Waals surface area contributed by atoms with E-state index in [0.29, 0.717) is 0 Å². The average Bonchev–Trinajstić information content (AvgIpc) is 2.62. The molecule has 0 amide bonds. The summed E-state index contributed by atoms with van der Waals surface area (Å²) in [6, 6.07) is 10.5. The SMILES string of the molecule is CCCCC(CC)CCC1CCC(c2ccc(C#N)cc2)CC1. The van der Waals surface area contributed by atoms with E-state index in [4.69, 9.17) is 5.26 Å². The third kappa shape index (κ3) is 5.69. The van der Waals surface area contributed by atoms with Crippen LogP contribution < -0.4 is 0 Å². The first-order valence-corrected chi connectivity index (χ1v) is 9.76. The highest BCUT2D eigenvalue weighted by molar-refractivity contribution is 5.33. The zero-order valence-corrected chi connectivity index (χ0v) is 15.1. The van der Waals surface area contributed by atoms with Gasteiger partial charge in [-0.05, 0) is 61.1 Å². The Hall–Kier alpha value is -1.29. The molecule has 1 aromatic rings. The van der Waals surface area contributed by atoms with E-state index < -0.39 is 0 Å². The van der Waals surface area contributed by atoms with Crippen molar-refractivity contribution < 1.29 is 0 Å². The summed E-state index contributed by atoms with van der Waals surface area (Å²) in [6.45, 7) is 4.67. The van der Waals surface area contributed by atoms with Gasteiger partial charge in [-0.2, -0.15) is 5.26 Å². The molecule has 0 saturated heterocycles. The van der Waals surface area contributed by atoms with Gasteiger partial charge in [0, 0.05) is 0 Å². The number of nitriles is 1.